The number of aryl methyl sites for hydroxylation is 1. The Kier molecular flexibility index (Phi) is 3.33. The quantitative estimate of drug-likeness (QED) is 0.796. The molecule has 0 aliphatic carbocycles. The molecule has 0 fully saturated rings. The maximum Gasteiger partial charge on any atom is 0.335 e. The number of aromatic nitrogens is 2. The second-order valence-corrected chi connectivity index (χ2v) is 6.29. The molecule has 0 bridgehead atoms. The van der Waals surface area contributed by atoms with Crippen molar-refractivity contribution in [3.8, 4) is 21.3 Å². The molecule has 20 heavy (non-hydrogen) atoms. The van der Waals surface area contributed by atoms with Gasteiger partial charge in [-0.3, -0.25) is 4.98 Å². The van der Waals surface area contributed by atoms with Crippen LogP contribution in [0.5, 0.6) is 0 Å². The molecule has 0 atom stereocenters. The summed E-state index contributed by atoms with van der Waals surface area (Å²) in [7, 11) is 0. The van der Waals surface area contributed by atoms with Crippen LogP contribution in [-0.2, 0) is 0 Å². The minimum absolute atomic E-state index is 0.223. The highest BCUT2D eigenvalue weighted by atomic mass is 32.1. The minimum Gasteiger partial charge on any atom is -0.478 e. The maximum atomic E-state index is 11.0. The highest BCUT2D eigenvalue weighted by Crippen LogP contribution is 2.34. The average molecular weight is 302 g/mol. The number of aromatic carboxylic acids is 1. The van der Waals surface area contributed by atoms with E-state index in [2.05, 4.69) is 9.97 Å². The first-order valence-corrected chi connectivity index (χ1v) is 7.56. The van der Waals surface area contributed by atoms with Gasteiger partial charge in [-0.05, 0) is 30.5 Å². The lowest BCUT2D eigenvalue weighted by Crippen LogP contribution is -1.97. The predicted octanol–water partition coefficient (Wildman–Crippen LogP) is 3.94. The molecule has 0 radical (unpaired) electrons. The first-order valence-electron chi connectivity index (χ1n) is 5.86. The van der Waals surface area contributed by atoms with E-state index >= 15 is 0 Å². The number of carbonyl (C=O) groups is 1. The van der Waals surface area contributed by atoms with Crippen LogP contribution in [0.2, 0.25) is 0 Å². The third-order valence-electron chi connectivity index (χ3n) is 2.78. The number of carboxylic acids is 1. The lowest BCUT2D eigenvalue weighted by Gasteiger charge is -1.97. The average Bonchev–Trinajstić information content (AvgIpc) is 3.07. The molecule has 0 spiro atoms. The van der Waals surface area contributed by atoms with Crippen LogP contribution in [0.15, 0.2) is 35.8 Å². The minimum atomic E-state index is -0.958. The van der Waals surface area contributed by atoms with Crippen molar-refractivity contribution in [3.63, 3.8) is 0 Å². The van der Waals surface area contributed by atoms with Crippen LogP contribution in [0.3, 0.4) is 0 Å². The highest BCUT2D eigenvalue weighted by Gasteiger charge is 2.14. The van der Waals surface area contributed by atoms with E-state index < -0.39 is 5.97 Å². The molecule has 3 rings (SSSR count). The van der Waals surface area contributed by atoms with Crippen LogP contribution >= 0.6 is 22.7 Å². The fourth-order valence-corrected chi connectivity index (χ4v) is 3.56. The van der Waals surface area contributed by atoms with E-state index in [1.807, 2.05) is 24.4 Å². The van der Waals surface area contributed by atoms with Gasteiger partial charge in [0.05, 0.1) is 21.8 Å². The zero-order valence-electron chi connectivity index (χ0n) is 10.5. The first-order chi connectivity index (χ1) is 9.65. The van der Waals surface area contributed by atoms with Crippen molar-refractivity contribution in [3.05, 3.63) is 46.3 Å². The molecule has 3 aromatic rings. The molecule has 3 heterocycles. The van der Waals surface area contributed by atoms with Gasteiger partial charge in [0.2, 0.25) is 0 Å². The van der Waals surface area contributed by atoms with Crippen LogP contribution in [-0.4, -0.2) is 21.0 Å². The van der Waals surface area contributed by atoms with Crippen LogP contribution < -0.4 is 0 Å². The molecular weight excluding hydrogens is 292 g/mol. The van der Waals surface area contributed by atoms with Crippen LogP contribution in [0, 0.1) is 6.92 Å². The Labute approximate surface area is 123 Å². The zero-order valence-corrected chi connectivity index (χ0v) is 12.2. The van der Waals surface area contributed by atoms with Gasteiger partial charge >= 0.3 is 5.97 Å². The maximum absolute atomic E-state index is 11.0. The smallest absolute Gasteiger partial charge is 0.335 e. The van der Waals surface area contributed by atoms with E-state index in [1.165, 1.54) is 23.6 Å². The summed E-state index contributed by atoms with van der Waals surface area (Å²) in [6.07, 6.45) is 1.50. The largest absolute Gasteiger partial charge is 0.478 e. The van der Waals surface area contributed by atoms with Crippen LogP contribution in [0.25, 0.3) is 21.3 Å². The SMILES string of the molecule is Cc1sc(-c2cc(C(=O)O)ccn2)nc1-c1cccs1. The summed E-state index contributed by atoms with van der Waals surface area (Å²) in [6.45, 7) is 2.01. The summed E-state index contributed by atoms with van der Waals surface area (Å²) in [6, 6.07) is 7.05. The summed E-state index contributed by atoms with van der Waals surface area (Å²) in [5.41, 5.74) is 1.77. The number of rotatable bonds is 3. The number of nitrogens with zero attached hydrogens (tertiary/aromatic N) is 2. The highest BCUT2D eigenvalue weighted by molar-refractivity contribution is 7.16. The number of thiophene rings is 1. The Morgan fingerprint density at radius 1 is 1.35 bits per heavy atom. The number of thiazole rings is 1. The summed E-state index contributed by atoms with van der Waals surface area (Å²) in [4.78, 5) is 22.0. The Bertz CT molecular complexity index is 763. The second-order valence-electron chi connectivity index (χ2n) is 4.14. The molecule has 0 aromatic carbocycles. The molecular formula is C14H10N2O2S2. The van der Waals surface area contributed by atoms with Gasteiger partial charge in [-0.2, -0.15) is 0 Å². The number of pyridine rings is 1. The standard InChI is InChI=1S/C14H10N2O2S2/c1-8-12(11-3-2-6-19-11)16-13(20-8)10-7-9(14(17)18)4-5-15-10/h2-7H,1H3,(H,17,18). The van der Waals surface area contributed by atoms with Gasteiger partial charge in [-0.25, -0.2) is 9.78 Å². The Hall–Kier alpha value is -2.05. The summed E-state index contributed by atoms with van der Waals surface area (Å²) in [5, 5.41) is 11.8. The third-order valence-corrected chi connectivity index (χ3v) is 4.65. The zero-order chi connectivity index (χ0) is 14.1. The van der Waals surface area contributed by atoms with Gasteiger partial charge in [-0.1, -0.05) is 6.07 Å². The molecule has 3 aromatic heterocycles. The van der Waals surface area contributed by atoms with Crippen molar-refractivity contribution in [1.29, 1.82) is 0 Å². The fourth-order valence-electron chi connectivity index (χ4n) is 1.83. The third kappa shape index (κ3) is 2.35. The van der Waals surface area contributed by atoms with Crippen molar-refractivity contribution in [2.45, 2.75) is 6.92 Å². The summed E-state index contributed by atoms with van der Waals surface area (Å²) in [5.74, 6) is -0.958. The van der Waals surface area contributed by atoms with Gasteiger partial charge in [0, 0.05) is 11.1 Å². The molecule has 4 nitrogen and oxygen atoms in total. The Morgan fingerprint density at radius 2 is 2.20 bits per heavy atom. The number of hydrogen-bond donors (Lipinski definition) is 1. The summed E-state index contributed by atoms with van der Waals surface area (Å²) >= 11 is 3.16. The topological polar surface area (TPSA) is 63.1 Å². The normalized spacial score (nSPS) is 10.7. The van der Waals surface area contributed by atoms with Crippen LogP contribution in [0.4, 0.5) is 0 Å². The van der Waals surface area contributed by atoms with Crippen molar-refractivity contribution in [1.82, 2.24) is 9.97 Å². The molecule has 100 valence electrons. The van der Waals surface area contributed by atoms with Crippen molar-refractivity contribution in [2.75, 3.05) is 0 Å². The molecule has 1 N–H and O–H groups in total. The molecule has 0 aliphatic heterocycles. The van der Waals surface area contributed by atoms with E-state index in [9.17, 15) is 4.79 Å². The molecule has 0 aliphatic rings. The lowest BCUT2D eigenvalue weighted by atomic mass is 10.2. The fraction of sp³-hybridized carbons (Fsp3) is 0.0714. The van der Waals surface area contributed by atoms with E-state index in [1.54, 1.807) is 17.4 Å². The van der Waals surface area contributed by atoms with E-state index in [4.69, 9.17) is 5.11 Å². The van der Waals surface area contributed by atoms with Gasteiger partial charge < -0.3 is 5.11 Å². The molecule has 0 saturated carbocycles. The van der Waals surface area contributed by atoms with Crippen molar-refractivity contribution < 1.29 is 9.90 Å². The van der Waals surface area contributed by atoms with Crippen LogP contribution in [0.1, 0.15) is 15.2 Å². The van der Waals surface area contributed by atoms with Gasteiger partial charge in [0.25, 0.3) is 0 Å². The predicted molar refractivity (Wildman–Crippen MR) is 80.4 cm³/mol. The summed E-state index contributed by atoms with van der Waals surface area (Å²) < 4.78 is 0. The monoisotopic (exact) mass is 302 g/mol. The van der Waals surface area contributed by atoms with Gasteiger partial charge in [-0.15, -0.1) is 22.7 Å². The van der Waals surface area contributed by atoms with Crippen molar-refractivity contribution in [2.24, 2.45) is 0 Å². The molecule has 0 unspecified atom stereocenters. The number of carboxylic acid groups (broad SMARTS) is 1. The van der Waals surface area contributed by atoms with Gasteiger partial charge in [0.1, 0.15) is 5.01 Å². The molecule has 6 heteroatoms. The molecule has 0 amide bonds. The van der Waals surface area contributed by atoms with E-state index in [0.29, 0.717) is 5.69 Å². The van der Waals surface area contributed by atoms with E-state index in [0.717, 1.165) is 20.5 Å². The van der Waals surface area contributed by atoms with E-state index in [-0.39, 0.29) is 5.56 Å². The molecule has 0 saturated heterocycles. The lowest BCUT2D eigenvalue weighted by molar-refractivity contribution is 0.0697. The number of hydrogen-bond acceptors (Lipinski definition) is 5. The Morgan fingerprint density at radius 3 is 2.90 bits per heavy atom. The van der Waals surface area contributed by atoms with Gasteiger partial charge in [0.15, 0.2) is 0 Å². The second kappa shape index (κ2) is 5.15. The Balaban J connectivity index is 2.05. The first kappa shape index (κ1) is 13.0. The van der Waals surface area contributed by atoms with Crippen molar-refractivity contribution >= 4 is 28.6 Å².